The zero-order valence-corrected chi connectivity index (χ0v) is 24.9. The second-order valence-corrected chi connectivity index (χ2v) is 10.4. The average Bonchev–Trinajstić information content (AvgIpc) is 2.93. The Bertz CT molecular complexity index is 1080. The number of piperazine rings is 1. The number of amides is 3. The molecule has 1 saturated heterocycles. The third-order valence-electron chi connectivity index (χ3n) is 6.85. The van der Waals surface area contributed by atoms with Crippen LogP contribution >= 0.6 is 0 Å². The molecular weight excluding hydrogens is 559 g/mol. The Balaban J connectivity index is 2.23. The molecule has 236 valence electrons. The summed E-state index contributed by atoms with van der Waals surface area (Å²) in [6, 6.07) is 1.02. The summed E-state index contributed by atoms with van der Waals surface area (Å²) in [4.78, 5) is 46.0. The Kier molecular flexibility index (Phi) is 12.7. The molecule has 2 rings (SSSR count). The molecule has 1 aromatic heterocycles. The summed E-state index contributed by atoms with van der Waals surface area (Å²) >= 11 is 0. The van der Waals surface area contributed by atoms with Gasteiger partial charge in [0.05, 0.1) is 18.1 Å². The quantitative estimate of drug-likeness (QED) is 0.247. The fourth-order valence-corrected chi connectivity index (χ4v) is 4.67. The molecule has 0 radical (unpaired) electrons. The van der Waals surface area contributed by atoms with Crippen molar-refractivity contribution in [3.63, 3.8) is 0 Å². The summed E-state index contributed by atoms with van der Waals surface area (Å²) in [7, 11) is 0. The van der Waals surface area contributed by atoms with Gasteiger partial charge in [0, 0.05) is 57.2 Å². The summed E-state index contributed by atoms with van der Waals surface area (Å²) in [6.07, 6.45) is -1.02. The molecule has 2 heterocycles. The first-order valence-corrected chi connectivity index (χ1v) is 13.8. The van der Waals surface area contributed by atoms with Crippen LogP contribution < -0.4 is 10.6 Å². The summed E-state index contributed by atoms with van der Waals surface area (Å²) < 4.78 is 55.1. The van der Waals surface area contributed by atoms with Crippen LogP contribution in [0, 0.1) is 6.92 Å². The molecule has 14 heteroatoms. The van der Waals surface area contributed by atoms with Crippen LogP contribution in [0.5, 0.6) is 0 Å². The van der Waals surface area contributed by atoms with Gasteiger partial charge < -0.3 is 29.7 Å². The van der Waals surface area contributed by atoms with Gasteiger partial charge in [-0.15, -0.1) is 0 Å². The van der Waals surface area contributed by atoms with E-state index < -0.39 is 48.5 Å². The van der Waals surface area contributed by atoms with E-state index in [1.165, 1.54) is 11.0 Å². The minimum atomic E-state index is -4.58. The number of carbonyl (C=O) groups excluding carboxylic acids is 3. The van der Waals surface area contributed by atoms with Crippen LogP contribution in [-0.2, 0) is 29.6 Å². The molecule has 3 amide bonds. The first-order chi connectivity index (χ1) is 19.7. The van der Waals surface area contributed by atoms with Crippen molar-refractivity contribution in [3.8, 4) is 0 Å². The van der Waals surface area contributed by atoms with E-state index >= 15 is 0 Å². The van der Waals surface area contributed by atoms with E-state index in [2.05, 4.69) is 16.9 Å². The summed E-state index contributed by atoms with van der Waals surface area (Å²) in [5.41, 5.74) is 0.381. The third kappa shape index (κ3) is 9.66. The standard InChI is InChI=1S/C28H42F3N5O6/c1-7-12-40-25(39)36-11-10-35(17-22(36)14-23(37)33-19-28(29,30)31)26(5,6)24(38)34-18-27(41-8-2,42-9-3)21-13-20(4)15-32-16-21/h7,13,15-16,22H,1,8-12,14,17-19H2,2-6H3,(H,33,37)(H,34,38)/t22-/m1/s1. The van der Waals surface area contributed by atoms with Crippen molar-refractivity contribution in [2.75, 3.05) is 52.5 Å². The number of rotatable bonds is 14. The Morgan fingerprint density at radius 1 is 1.10 bits per heavy atom. The SMILES string of the molecule is C=CCOC(=O)N1CCN(C(C)(C)C(=O)NCC(OCC)(OCC)c2cncc(C)c2)C[C@H]1CC(=O)NCC(F)(F)F. The number of hydrogen-bond acceptors (Lipinski definition) is 8. The number of aromatic nitrogens is 1. The molecule has 1 aliphatic heterocycles. The Morgan fingerprint density at radius 3 is 2.33 bits per heavy atom. The zero-order valence-electron chi connectivity index (χ0n) is 24.9. The van der Waals surface area contributed by atoms with Crippen molar-refractivity contribution in [1.29, 1.82) is 0 Å². The van der Waals surface area contributed by atoms with Crippen LogP contribution in [0.25, 0.3) is 0 Å². The number of nitrogens with one attached hydrogen (secondary N) is 2. The summed E-state index contributed by atoms with van der Waals surface area (Å²) in [6.45, 7) is 11.8. The zero-order chi connectivity index (χ0) is 31.6. The molecule has 2 N–H and O–H groups in total. The van der Waals surface area contributed by atoms with Gasteiger partial charge in [0.25, 0.3) is 0 Å². The van der Waals surface area contributed by atoms with Crippen LogP contribution in [-0.4, -0.2) is 103 Å². The minimum absolute atomic E-state index is 0.0286. The smallest absolute Gasteiger partial charge is 0.410 e. The number of hydrogen-bond donors (Lipinski definition) is 2. The van der Waals surface area contributed by atoms with E-state index in [4.69, 9.17) is 14.2 Å². The Morgan fingerprint density at radius 2 is 1.76 bits per heavy atom. The number of aryl methyl sites for hydroxylation is 1. The number of ether oxygens (including phenoxy) is 3. The molecule has 0 bridgehead atoms. The van der Waals surface area contributed by atoms with Gasteiger partial charge in [-0.1, -0.05) is 12.7 Å². The third-order valence-corrected chi connectivity index (χ3v) is 6.85. The number of carbonyl (C=O) groups is 3. The first kappa shape index (κ1) is 35.0. The molecule has 0 unspecified atom stereocenters. The lowest BCUT2D eigenvalue weighted by molar-refractivity contribution is -0.239. The van der Waals surface area contributed by atoms with Crippen LogP contribution in [0.2, 0.25) is 0 Å². The second kappa shape index (κ2) is 15.3. The van der Waals surface area contributed by atoms with Crippen LogP contribution in [0.4, 0.5) is 18.0 Å². The highest BCUT2D eigenvalue weighted by Gasteiger charge is 2.43. The monoisotopic (exact) mass is 601 g/mol. The van der Waals surface area contributed by atoms with E-state index in [-0.39, 0.29) is 38.7 Å². The number of nitrogens with zero attached hydrogens (tertiary/aromatic N) is 3. The molecule has 0 saturated carbocycles. The first-order valence-electron chi connectivity index (χ1n) is 13.8. The summed E-state index contributed by atoms with van der Waals surface area (Å²) in [5.74, 6) is -2.55. The van der Waals surface area contributed by atoms with Crippen molar-refractivity contribution in [1.82, 2.24) is 25.4 Å². The molecule has 1 atom stereocenters. The maximum absolute atomic E-state index is 13.6. The maximum atomic E-state index is 13.6. The van der Waals surface area contributed by atoms with Gasteiger partial charge in [-0.2, -0.15) is 13.2 Å². The number of pyridine rings is 1. The Labute approximate surface area is 244 Å². The van der Waals surface area contributed by atoms with E-state index in [0.29, 0.717) is 18.8 Å². The largest absolute Gasteiger partial charge is 0.445 e. The molecule has 11 nitrogen and oxygen atoms in total. The predicted octanol–water partition coefficient (Wildman–Crippen LogP) is 2.89. The lowest BCUT2D eigenvalue weighted by Crippen LogP contribution is -2.65. The van der Waals surface area contributed by atoms with Crippen molar-refractivity contribution in [2.45, 2.75) is 64.6 Å². The van der Waals surface area contributed by atoms with Crippen LogP contribution in [0.15, 0.2) is 31.1 Å². The maximum Gasteiger partial charge on any atom is 0.410 e. The van der Waals surface area contributed by atoms with Crippen molar-refractivity contribution in [3.05, 3.63) is 42.2 Å². The highest BCUT2D eigenvalue weighted by Crippen LogP contribution is 2.28. The lowest BCUT2D eigenvalue weighted by Gasteiger charge is -2.46. The van der Waals surface area contributed by atoms with Crippen molar-refractivity contribution in [2.24, 2.45) is 0 Å². The van der Waals surface area contributed by atoms with E-state index in [1.54, 1.807) is 31.1 Å². The summed E-state index contributed by atoms with van der Waals surface area (Å²) in [5, 5.41) is 4.76. The fourth-order valence-electron chi connectivity index (χ4n) is 4.67. The van der Waals surface area contributed by atoms with E-state index in [1.807, 2.05) is 32.2 Å². The van der Waals surface area contributed by atoms with Gasteiger partial charge in [-0.25, -0.2) is 4.79 Å². The van der Waals surface area contributed by atoms with Gasteiger partial charge in [-0.3, -0.25) is 19.5 Å². The molecule has 0 aliphatic carbocycles. The number of alkyl halides is 3. The minimum Gasteiger partial charge on any atom is -0.445 e. The van der Waals surface area contributed by atoms with Gasteiger partial charge in [0.15, 0.2) is 0 Å². The molecular formula is C28H42F3N5O6. The molecule has 42 heavy (non-hydrogen) atoms. The van der Waals surface area contributed by atoms with Gasteiger partial charge in [0.2, 0.25) is 17.6 Å². The van der Waals surface area contributed by atoms with Crippen molar-refractivity contribution >= 4 is 17.9 Å². The van der Waals surface area contributed by atoms with Gasteiger partial charge >= 0.3 is 12.3 Å². The molecule has 1 aliphatic rings. The van der Waals surface area contributed by atoms with E-state index in [0.717, 1.165) is 5.56 Å². The van der Waals surface area contributed by atoms with Crippen molar-refractivity contribution < 1.29 is 41.8 Å². The highest BCUT2D eigenvalue weighted by atomic mass is 19.4. The predicted molar refractivity (Wildman–Crippen MR) is 148 cm³/mol. The van der Waals surface area contributed by atoms with Crippen LogP contribution in [0.3, 0.4) is 0 Å². The average molecular weight is 602 g/mol. The Hall–Kier alpha value is -3.23. The van der Waals surface area contributed by atoms with Gasteiger partial charge in [0.1, 0.15) is 13.2 Å². The second-order valence-electron chi connectivity index (χ2n) is 10.4. The fraction of sp³-hybridized carbons (Fsp3) is 0.643. The highest BCUT2D eigenvalue weighted by molar-refractivity contribution is 5.85. The molecule has 0 aromatic carbocycles. The number of halogens is 3. The topological polar surface area (TPSA) is 122 Å². The molecule has 1 fully saturated rings. The normalized spacial score (nSPS) is 16.6. The lowest BCUT2D eigenvalue weighted by atomic mass is 9.96. The van der Waals surface area contributed by atoms with Crippen LogP contribution in [0.1, 0.15) is 45.2 Å². The molecule has 1 aromatic rings. The van der Waals surface area contributed by atoms with Gasteiger partial charge in [-0.05, 0) is 46.2 Å². The van der Waals surface area contributed by atoms with E-state index in [9.17, 15) is 27.6 Å². The molecule has 0 spiro atoms.